The van der Waals surface area contributed by atoms with Crippen molar-refractivity contribution in [2.24, 2.45) is 0 Å². The number of allylic oxidation sites excluding steroid dienone is 9. The Morgan fingerprint density at radius 1 is 0.949 bits per heavy atom. The number of benzene rings is 1. The summed E-state index contributed by atoms with van der Waals surface area (Å²) in [4.78, 5) is 0. The first kappa shape index (κ1) is 28.8. The molecule has 2 atom stereocenters. The molecule has 2 heterocycles. The van der Waals surface area contributed by atoms with E-state index in [0.29, 0.717) is 0 Å². The number of hydrogen-bond donors (Lipinski definition) is 0. The predicted molar refractivity (Wildman–Crippen MR) is 158 cm³/mol. The molecule has 6 rings (SSSR count). The Bertz CT molecular complexity index is 1530. The Hall–Kier alpha value is -3.15. The van der Waals surface area contributed by atoms with Crippen LogP contribution in [0.1, 0.15) is 19.4 Å². The first-order valence-corrected chi connectivity index (χ1v) is 15.1. The summed E-state index contributed by atoms with van der Waals surface area (Å²) in [5.74, 6) is 1.34. The topological polar surface area (TPSA) is 26.3 Å². The molecule has 3 aliphatic carbocycles. The molecule has 2 radical (unpaired) electrons. The van der Waals surface area contributed by atoms with Crippen LogP contribution in [0.15, 0.2) is 139 Å². The minimum atomic E-state index is -0.920. The molecule has 0 aliphatic heterocycles. The van der Waals surface area contributed by atoms with Crippen LogP contribution >= 0.6 is 15.8 Å². The molecule has 0 saturated heterocycles. The van der Waals surface area contributed by atoms with Crippen molar-refractivity contribution in [2.75, 3.05) is 0 Å². The maximum atomic E-state index is 5.91. The SMILES string of the molecule is Cc1ccccc1P(C1=C[CH]C=C[C-]1C)[C@@H](C)C1=C=CC=C1P(c1ccco1)c1ccco1.[C]1=C=C=C=[C-]1.[Fe+2]. The summed E-state index contributed by atoms with van der Waals surface area (Å²) < 4.78 is 11.8. The second-order valence-corrected chi connectivity index (χ2v) is 13.3. The van der Waals surface area contributed by atoms with Gasteiger partial charge in [0.2, 0.25) is 0 Å². The molecule has 2 nitrogen and oxygen atoms in total. The first-order chi connectivity index (χ1) is 18.6. The summed E-state index contributed by atoms with van der Waals surface area (Å²) in [5.41, 5.74) is 15.9. The van der Waals surface area contributed by atoms with Crippen molar-refractivity contribution in [3.63, 3.8) is 0 Å². The fourth-order valence-corrected chi connectivity index (χ4v) is 9.83. The molecule has 5 heteroatoms. The monoisotopic (exact) mass is 584 g/mol. The molecule has 0 fully saturated rings. The van der Waals surface area contributed by atoms with Crippen LogP contribution in [-0.2, 0) is 17.1 Å². The normalized spacial score (nSPS) is 16.0. The molecule has 3 aromatic rings. The molecule has 1 unspecified atom stereocenters. The average Bonchev–Trinajstić information content (AvgIpc) is 3.77. The van der Waals surface area contributed by atoms with Crippen LogP contribution in [-0.4, -0.2) is 5.66 Å². The van der Waals surface area contributed by atoms with Gasteiger partial charge in [-0.2, -0.15) is 24.1 Å². The molecule has 0 saturated carbocycles. The zero-order valence-electron chi connectivity index (χ0n) is 21.9. The van der Waals surface area contributed by atoms with Crippen LogP contribution in [0.5, 0.6) is 0 Å². The molecule has 1 aromatic carbocycles. The van der Waals surface area contributed by atoms with Gasteiger partial charge in [0, 0.05) is 16.5 Å². The summed E-state index contributed by atoms with van der Waals surface area (Å²) in [6.45, 7) is 6.81. The van der Waals surface area contributed by atoms with E-state index < -0.39 is 15.8 Å². The Morgan fingerprint density at radius 3 is 2.26 bits per heavy atom. The predicted octanol–water partition coefficient (Wildman–Crippen LogP) is 7.67. The van der Waals surface area contributed by atoms with E-state index in [1.165, 1.54) is 33.0 Å². The number of rotatable bonds is 7. The molecule has 0 amide bonds. The first-order valence-electron chi connectivity index (χ1n) is 12.3. The molecule has 0 spiro atoms. The van der Waals surface area contributed by atoms with Crippen LogP contribution in [0.25, 0.3) is 0 Å². The van der Waals surface area contributed by atoms with Gasteiger partial charge in [-0.15, -0.1) is 29.6 Å². The minimum absolute atomic E-state index is 0. The van der Waals surface area contributed by atoms with Gasteiger partial charge in [-0.1, -0.05) is 46.0 Å². The number of furan rings is 2. The molecular weight excluding hydrogens is 558 g/mol. The standard InChI is InChI=1S/C29H26O2P2.C5.Fe/c1-21-11-4-6-14-25(21)32(26-15-7-5-12-22(26)2)23(3)24-13-8-16-27(24)33(28-17-9-19-30-28)29-18-10-20-31-29;1-2-4-5-3-1;/h4-12,14-20,23H,1-3H3;;/q2*-1;+2/t23-;;/m0../s1. The van der Waals surface area contributed by atoms with Crippen molar-refractivity contribution in [3.05, 3.63) is 161 Å². The largest absolute Gasteiger partial charge is 2.00 e. The van der Waals surface area contributed by atoms with Crippen LogP contribution in [0.3, 0.4) is 0 Å². The van der Waals surface area contributed by atoms with E-state index in [0.717, 1.165) is 11.0 Å². The second kappa shape index (κ2) is 13.8. The van der Waals surface area contributed by atoms with Crippen molar-refractivity contribution in [1.29, 1.82) is 0 Å². The third kappa shape index (κ3) is 6.54. The molecule has 2 aromatic heterocycles. The van der Waals surface area contributed by atoms with Crippen molar-refractivity contribution >= 4 is 32.2 Å². The average molecular weight is 584 g/mol. The summed E-state index contributed by atoms with van der Waals surface area (Å²) in [6, 6.07) is 16.8. The van der Waals surface area contributed by atoms with Gasteiger partial charge in [-0.05, 0) is 54.2 Å². The summed E-state index contributed by atoms with van der Waals surface area (Å²) in [5, 5.41) is 4.11. The van der Waals surface area contributed by atoms with Crippen molar-refractivity contribution < 1.29 is 25.9 Å². The van der Waals surface area contributed by atoms with Crippen LogP contribution in [0.4, 0.5) is 0 Å². The van der Waals surface area contributed by atoms with E-state index >= 15 is 0 Å². The van der Waals surface area contributed by atoms with E-state index in [4.69, 9.17) is 8.83 Å². The Kier molecular flexibility index (Phi) is 10.2. The summed E-state index contributed by atoms with van der Waals surface area (Å²) >= 11 is 0. The Labute approximate surface area is 244 Å². The van der Waals surface area contributed by atoms with E-state index in [9.17, 15) is 0 Å². The Balaban J connectivity index is 0.000000530. The number of aryl methyl sites for hydroxylation is 1. The minimum Gasteiger partial charge on any atom is -0.464 e. The molecular formula is C34H26FeO2P2. The van der Waals surface area contributed by atoms with Gasteiger partial charge in [-0.3, -0.25) is 11.5 Å². The van der Waals surface area contributed by atoms with Crippen LogP contribution in [0, 0.1) is 31.4 Å². The van der Waals surface area contributed by atoms with Crippen LogP contribution < -0.4 is 16.3 Å². The van der Waals surface area contributed by atoms with Gasteiger partial charge in [-0.25, -0.2) is 5.73 Å². The van der Waals surface area contributed by atoms with Crippen molar-refractivity contribution in [3.8, 4) is 0 Å². The van der Waals surface area contributed by atoms with Gasteiger partial charge < -0.3 is 8.83 Å². The van der Waals surface area contributed by atoms with Gasteiger partial charge >= 0.3 is 17.1 Å². The van der Waals surface area contributed by atoms with Gasteiger partial charge in [0.1, 0.15) is 11.0 Å². The maximum Gasteiger partial charge on any atom is 2.00 e. The zero-order chi connectivity index (χ0) is 26.3. The molecule has 0 N–H and O–H groups in total. The van der Waals surface area contributed by atoms with Gasteiger partial charge in [0.25, 0.3) is 0 Å². The van der Waals surface area contributed by atoms with E-state index in [1.807, 2.05) is 12.1 Å². The van der Waals surface area contributed by atoms with E-state index in [-0.39, 0.29) is 22.7 Å². The number of hydrogen-bond acceptors (Lipinski definition) is 2. The molecule has 3 aliphatic rings. The molecule has 0 bridgehead atoms. The summed E-state index contributed by atoms with van der Waals surface area (Å²) in [6.07, 6.45) is 21.6. The Morgan fingerprint density at radius 2 is 1.69 bits per heavy atom. The second-order valence-electron chi connectivity index (χ2n) is 8.76. The van der Waals surface area contributed by atoms with Crippen molar-refractivity contribution in [1.82, 2.24) is 0 Å². The van der Waals surface area contributed by atoms with Gasteiger partial charge in [0.05, 0.1) is 20.4 Å². The quantitative estimate of drug-likeness (QED) is 0.123. The fourth-order valence-electron chi connectivity index (χ4n) is 4.54. The fraction of sp³-hybridized carbons (Fsp3) is 0.118. The van der Waals surface area contributed by atoms with E-state index in [2.05, 4.69) is 129 Å². The van der Waals surface area contributed by atoms with Gasteiger partial charge in [0.15, 0.2) is 0 Å². The van der Waals surface area contributed by atoms with Crippen LogP contribution in [0.2, 0.25) is 0 Å². The van der Waals surface area contributed by atoms with Crippen molar-refractivity contribution in [2.45, 2.75) is 26.4 Å². The maximum absolute atomic E-state index is 5.91. The zero-order valence-corrected chi connectivity index (χ0v) is 24.8. The third-order valence-electron chi connectivity index (χ3n) is 6.32. The molecule has 39 heavy (non-hydrogen) atoms. The third-order valence-corrected chi connectivity index (χ3v) is 11.7. The van der Waals surface area contributed by atoms with E-state index in [1.54, 1.807) is 12.5 Å². The molecule has 192 valence electrons. The summed E-state index contributed by atoms with van der Waals surface area (Å²) in [7, 11) is -1.56. The smallest absolute Gasteiger partial charge is 0.464 e.